The van der Waals surface area contributed by atoms with Gasteiger partial charge in [0.1, 0.15) is 4.83 Å². The quantitative estimate of drug-likeness (QED) is 0.932. The minimum Gasteiger partial charge on any atom is -0.481 e. The summed E-state index contributed by atoms with van der Waals surface area (Å²) >= 11 is 1.47. The second-order valence-electron chi connectivity index (χ2n) is 6.12. The van der Waals surface area contributed by atoms with Crippen LogP contribution in [-0.4, -0.2) is 44.3 Å². The van der Waals surface area contributed by atoms with Crippen molar-refractivity contribution in [3.05, 3.63) is 16.6 Å². The summed E-state index contributed by atoms with van der Waals surface area (Å²) < 4.78 is 1.81. The van der Waals surface area contributed by atoms with Crippen LogP contribution in [-0.2, 0) is 11.8 Å². The van der Waals surface area contributed by atoms with Gasteiger partial charge >= 0.3 is 5.97 Å². The Bertz CT molecular complexity index is 715. The van der Waals surface area contributed by atoms with Crippen molar-refractivity contribution in [2.24, 2.45) is 7.05 Å². The number of carboxylic acids is 1. The highest BCUT2D eigenvalue weighted by Crippen LogP contribution is 2.30. The standard InChI is InChI=1S/C16H21N3O3S/c1-10-12-9-13(23-16(12)18(2)17-10)15(22)19-8-4-3-5-11(19)6-7-14(20)21/h9,11H,3-8H2,1-2H3,(H,20,21). The zero-order valence-electron chi connectivity index (χ0n) is 13.4. The molecule has 1 saturated heterocycles. The lowest BCUT2D eigenvalue weighted by atomic mass is 9.97. The molecular formula is C16H21N3O3S. The van der Waals surface area contributed by atoms with Crippen molar-refractivity contribution in [1.82, 2.24) is 14.7 Å². The van der Waals surface area contributed by atoms with Crippen LogP contribution in [0.15, 0.2) is 6.07 Å². The van der Waals surface area contributed by atoms with Crippen molar-refractivity contribution < 1.29 is 14.7 Å². The molecule has 1 N–H and O–H groups in total. The van der Waals surface area contributed by atoms with Gasteiger partial charge in [0.25, 0.3) is 5.91 Å². The summed E-state index contributed by atoms with van der Waals surface area (Å²) in [5, 5.41) is 14.3. The molecule has 0 saturated carbocycles. The first-order chi connectivity index (χ1) is 11.0. The number of nitrogens with zero attached hydrogens (tertiary/aromatic N) is 3. The van der Waals surface area contributed by atoms with Crippen molar-refractivity contribution in [3.8, 4) is 0 Å². The second kappa shape index (κ2) is 6.31. The van der Waals surface area contributed by atoms with E-state index < -0.39 is 5.97 Å². The van der Waals surface area contributed by atoms with Crippen LogP contribution in [0.1, 0.15) is 47.5 Å². The fourth-order valence-corrected chi connectivity index (χ4v) is 4.39. The van der Waals surface area contributed by atoms with Crippen LogP contribution >= 0.6 is 11.3 Å². The van der Waals surface area contributed by atoms with E-state index in [2.05, 4.69) is 5.10 Å². The van der Waals surface area contributed by atoms with E-state index in [0.717, 1.165) is 40.1 Å². The van der Waals surface area contributed by atoms with E-state index in [1.165, 1.54) is 11.3 Å². The maximum atomic E-state index is 12.9. The Hall–Kier alpha value is -1.89. The van der Waals surface area contributed by atoms with Crippen LogP contribution < -0.4 is 0 Å². The van der Waals surface area contributed by atoms with E-state index >= 15 is 0 Å². The molecule has 3 rings (SSSR count). The summed E-state index contributed by atoms with van der Waals surface area (Å²) in [7, 11) is 1.89. The summed E-state index contributed by atoms with van der Waals surface area (Å²) in [6.45, 7) is 2.66. The first-order valence-electron chi connectivity index (χ1n) is 7.93. The number of carboxylic acid groups (broad SMARTS) is 1. The molecule has 0 aliphatic carbocycles. The van der Waals surface area contributed by atoms with Gasteiger partial charge in [0.15, 0.2) is 0 Å². The van der Waals surface area contributed by atoms with Crippen molar-refractivity contribution in [1.29, 1.82) is 0 Å². The number of thiophene rings is 1. The Morgan fingerprint density at radius 3 is 2.91 bits per heavy atom. The SMILES string of the molecule is Cc1nn(C)c2sc(C(=O)N3CCCCC3CCC(=O)O)cc12. The van der Waals surface area contributed by atoms with Gasteiger partial charge in [-0.05, 0) is 38.7 Å². The third-order valence-corrected chi connectivity index (χ3v) is 5.68. The predicted octanol–water partition coefficient (Wildman–Crippen LogP) is 2.80. The number of fused-ring (bicyclic) bond motifs is 1. The van der Waals surface area contributed by atoms with E-state index in [9.17, 15) is 9.59 Å². The molecule has 0 aromatic carbocycles. The van der Waals surface area contributed by atoms with Gasteiger partial charge in [0.2, 0.25) is 0 Å². The Morgan fingerprint density at radius 2 is 2.22 bits per heavy atom. The molecule has 3 heterocycles. The number of aliphatic carboxylic acids is 1. The first kappa shape index (κ1) is 16.0. The van der Waals surface area contributed by atoms with Gasteiger partial charge in [0, 0.05) is 31.4 Å². The average Bonchev–Trinajstić information content (AvgIpc) is 3.07. The summed E-state index contributed by atoms with van der Waals surface area (Å²) in [6.07, 6.45) is 3.59. The largest absolute Gasteiger partial charge is 0.481 e. The minimum absolute atomic E-state index is 0.0284. The van der Waals surface area contributed by atoms with Gasteiger partial charge in [-0.2, -0.15) is 5.10 Å². The molecular weight excluding hydrogens is 314 g/mol. The monoisotopic (exact) mass is 335 g/mol. The smallest absolute Gasteiger partial charge is 0.303 e. The molecule has 124 valence electrons. The molecule has 0 spiro atoms. The van der Waals surface area contributed by atoms with Crippen LogP contribution in [0.3, 0.4) is 0 Å². The van der Waals surface area contributed by atoms with E-state index in [-0.39, 0.29) is 18.4 Å². The zero-order chi connectivity index (χ0) is 16.6. The van der Waals surface area contributed by atoms with Crippen LogP contribution in [0, 0.1) is 6.92 Å². The number of hydrogen-bond acceptors (Lipinski definition) is 4. The number of aryl methyl sites for hydroxylation is 2. The van der Waals surface area contributed by atoms with Crippen LogP contribution in [0.2, 0.25) is 0 Å². The average molecular weight is 335 g/mol. The molecule has 0 radical (unpaired) electrons. The van der Waals surface area contributed by atoms with Crippen molar-refractivity contribution in [3.63, 3.8) is 0 Å². The Morgan fingerprint density at radius 1 is 1.43 bits per heavy atom. The Labute approximate surface area is 138 Å². The van der Waals surface area contributed by atoms with Crippen molar-refractivity contribution in [2.75, 3.05) is 6.54 Å². The molecule has 1 unspecified atom stereocenters. The van der Waals surface area contributed by atoms with Gasteiger partial charge in [0.05, 0.1) is 10.6 Å². The van der Waals surface area contributed by atoms with E-state index in [0.29, 0.717) is 13.0 Å². The third kappa shape index (κ3) is 3.10. The number of hydrogen-bond donors (Lipinski definition) is 1. The second-order valence-corrected chi connectivity index (χ2v) is 7.15. The molecule has 1 fully saturated rings. The number of carbonyl (C=O) groups excluding carboxylic acids is 1. The van der Waals surface area contributed by atoms with Crippen LogP contribution in [0.25, 0.3) is 10.2 Å². The molecule has 2 aromatic heterocycles. The normalized spacial score (nSPS) is 18.5. The molecule has 0 bridgehead atoms. The molecule has 1 amide bonds. The number of aromatic nitrogens is 2. The topological polar surface area (TPSA) is 75.4 Å². The van der Waals surface area contributed by atoms with E-state index in [1.54, 1.807) is 0 Å². The number of amides is 1. The number of likely N-dealkylation sites (tertiary alicyclic amines) is 1. The highest BCUT2D eigenvalue weighted by atomic mass is 32.1. The lowest BCUT2D eigenvalue weighted by Gasteiger charge is -2.35. The highest BCUT2D eigenvalue weighted by Gasteiger charge is 2.29. The first-order valence-corrected chi connectivity index (χ1v) is 8.75. The van der Waals surface area contributed by atoms with Crippen LogP contribution in [0.4, 0.5) is 0 Å². The molecule has 1 atom stereocenters. The van der Waals surface area contributed by atoms with Gasteiger partial charge in [-0.3, -0.25) is 14.3 Å². The van der Waals surface area contributed by atoms with Gasteiger partial charge in [-0.1, -0.05) is 0 Å². The zero-order valence-corrected chi connectivity index (χ0v) is 14.2. The summed E-state index contributed by atoms with van der Waals surface area (Å²) in [6, 6.07) is 1.96. The van der Waals surface area contributed by atoms with Gasteiger partial charge < -0.3 is 10.0 Å². The maximum absolute atomic E-state index is 12.9. The number of rotatable bonds is 4. The lowest BCUT2D eigenvalue weighted by Crippen LogP contribution is -2.43. The van der Waals surface area contributed by atoms with E-state index in [4.69, 9.17) is 5.11 Å². The van der Waals surface area contributed by atoms with Gasteiger partial charge in [-0.15, -0.1) is 11.3 Å². The summed E-state index contributed by atoms with van der Waals surface area (Å²) in [5.41, 5.74) is 0.930. The highest BCUT2D eigenvalue weighted by molar-refractivity contribution is 7.20. The summed E-state index contributed by atoms with van der Waals surface area (Å²) in [4.78, 5) is 27.3. The number of carbonyl (C=O) groups is 2. The van der Waals surface area contributed by atoms with Crippen LogP contribution in [0.5, 0.6) is 0 Å². The fourth-order valence-electron chi connectivity index (χ4n) is 3.31. The third-order valence-electron chi connectivity index (χ3n) is 4.49. The molecule has 6 nitrogen and oxygen atoms in total. The minimum atomic E-state index is -0.800. The maximum Gasteiger partial charge on any atom is 0.303 e. The number of piperidine rings is 1. The molecule has 1 aliphatic heterocycles. The molecule has 1 aliphatic rings. The fraction of sp³-hybridized carbons (Fsp3) is 0.562. The van der Waals surface area contributed by atoms with Crippen molar-refractivity contribution in [2.45, 2.75) is 45.1 Å². The predicted molar refractivity (Wildman–Crippen MR) is 88.9 cm³/mol. The van der Waals surface area contributed by atoms with Crippen molar-refractivity contribution >= 4 is 33.4 Å². The molecule has 2 aromatic rings. The Balaban J connectivity index is 1.83. The lowest BCUT2D eigenvalue weighted by molar-refractivity contribution is -0.137. The molecule has 7 heteroatoms. The summed E-state index contributed by atoms with van der Waals surface area (Å²) in [5.74, 6) is -0.771. The Kier molecular flexibility index (Phi) is 4.39. The molecule has 23 heavy (non-hydrogen) atoms. The van der Waals surface area contributed by atoms with Gasteiger partial charge in [-0.25, -0.2) is 0 Å². The van der Waals surface area contributed by atoms with E-state index in [1.807, 2.05) is 29.6 Å².